The Morgan fingerprint density at radius 2 is 2.18 bits per heavy atom. The van der Waals surface area contributed by atoms with Crippen LogP contribution in [0.4, 0.5) is 0 Å². The highest BCUT2D eigenvalue weighted by Crippen LogP contribution is 2.03. The van der Waals surface area contributed by atoms with E-state index < -0.39 is 0 Å². The average molecular weight is 177 g/mol. The van der Waals surface area contributed by atoms with E-state index in [0.29, 0.717) is 0 Å². The highest BCUT2D eigenvalue weighted by molar-refractivity contribution is 7.99. The molecule has 0 aliphatic heterocycles. The van der Waals surface area contributed by atoms with Crippen LogP contribution >= 0.6 is 11.8 Å². The van der Waals surface area contributed by atoms with E-state index in [9.17, 15) is 0 Å². The fraction of sp³-hybridized carbons (Fsp3) is 1.00. The Morgan fingerprint density at radius 1 is 1.55 bits per heavy atom. The molecule has 0 fully saturated rings. The maximum absolute atomic E-state index is 9.03. The lowest BCUT2D eigenvalue weighted by Gasteiger charge is -2.17. The Kier molecular flexibility index (Phi) is 7.12. The smallest absolute Gasteiger partial charge is 0.0639 e. The van der Waals surface area contributed by atoms with Gasteiger partial charge in [0.2, 0.25) is 0 Å². The lowest BCUT2D eigenvalue weighted by atomic mass is 10.4. The molecule has 0 aromatic heterocycles. The van der Waals surface area contributed by atoms with Gasteiger partial charge in [-0.25, -0.2) is 0 Å². The molecular formula is C8H19NOS. The van der Waals surface area contributed by atoms with Crippen molar-refractivity contribution >= 4 is 11.8 Å². The van der Waals surface area contributed by atoms with Crippen LogP contribution in [0.5, 0.6) is 0 Å². The summed E-state index contributed by atoms with van der Waals surface area (Å²) in [6.45, 7) is 4.78. The van der Waals surface area contributed by atoms with Gasteiger partial charge in [-0.2, -0.15) is 0 Å². The predicted octanol–water partition coefficient (Wildman–Crippen LogP) is 1.40. The van der Waals surface area contributed by atoms with E-state index in [-0.39, 0.29) is 6.10 Å². The van der Waals surface area contributed by atoms with Crippen LogP contribution in [0.1, 0.15) is 20.3 Å². The van der Waals surface area contributed by atoms with Crippen molar-refractivity contribution in [3.05, 3.63) is 0 Å². The van der Waals surface area contributed by atoms with Gasteiger partial charge in [-0.3, -0.25) is 4.90 Å². The molecule has 0 aliphatic rings. The van der Waals surface area contributed by atoms with Gasteiger partial charge in [0.15, 0.2) is 0 Å². The normalized spacial score (nSPS) is 13.9. The molecule has 1 unspecified atom stereocenters. The molecule has 1 atom stereocenters. The SMILES string of the molecule is CCCSCN(C)CC(C)O. The van der Waals surface area contributed by atoms with Crippen LogP contribution in [0.15, 0.2) is 0 Å². The summed E-state index contributed by atoms with van der Waals surface area (Å²) in [5, 5.41) is 9.03. The zero-order valence-corrected chi connectivity index (χ0v) is 8.52. The lowest BCUT2D eigenvalue weighted by molar-refractivity contribution is 0.151. The standard InChI is InChI=1S/C8H19NOS/c1-4-5-11-7-9(3)6-8(2)10/h8,10H,4-7H2,1-3H3. The van der Waals surface area contributed by atoms with Crippen molar-refractivity contribution in [3.8, 4) is 0 Å². The van der Waals surface area contributed by atoms with Gasteiger partial charge < -0.3 is 5.11 Å². The molecular weight excluding hydrogens is 158 g/mol. The molecule has 0 aromatic rings. The number of aliphatic hydroxyl groups excluding tert-OH is 1. The predicted molar refractivity (Wildman–Crippen MR) is 51.9 cm³/mol. The number of hydrogen-bond donors (Lipinski definition) is 1. The fourth-order valence-electron chi connectivity index (χ4n) is 0.868. The summed E-state index contributed by atoms with van der Waals surface area (Å²) in [4.78, 5) is 2.14. The molecule has 0 amide bonds. The molecule has 0 bridgehead atoms. The van der Waals surface area contributed by atoms with Crippen LogP contribution in [-0.2, 0) is 0 Å². The molecule has 0 heterocycles. The summed E-state index contributed by atoms with van der Waals surface area (Å²) in [5.41, 5.74) is 0. The van der Waals surface area contributed by atoms with Gasteiger partial charge in [-0.1, -0.05) is 6.92 Å². The number of thioether (sulfide) groups is 1. The van der Waals surface area contributed by atoms with E-state index in [4.69, 9.17) is 5.11 Å². The number of hydrogen-bond acceptors (Lipinski definition) is 3. The van der Waals surface area contributed by atoms with E-state index in [1.807, 2.05) is 25.7 Å². The zero-order valence-electron chi connectivity index (χ0n) is 7.71. The van der Waals surface area contributed by atoms with Crippen molar-refractivity contribution in [2.75, 3.05) is 25.2 Å². The first-order valence-corrected chi connectivity index (χ1v) is 5.26. The largest absolute Gasteiger partial charge is 0.392 e. The van der Waals surface area contributed by atoms with Gasteiger partial charge >= 0.3 is 0 Å². The first-order chi connectivity index (χ1) is 5.16. The third-order valence-electron chi connectivity index (χ3n) is 1.24. The molecule has 3 heteroatoms. The Morgan fingerprint density at radius 3 is 2.64 bits per heavy atom. The second-order valence-electron chi connectivity index (χ2n) is 2.93. The number of nitrogens with zero attached hydrogens (tertiary/aromatic N) is 1. The van der Waals surface area contributed by atoms with Gasteiger partial charge in [0, 0.05) is 12.4 Å². The molecule has 2 nitrogen and oxygen atoms in total. The summed E-state index contributed by atoms with van der Waals surface area (Å²) < 4.78 is 0. The maximum atomic E-state index is 9.03. The minimum absolute atomic E-state index is 0.206. The summed E-state index contributed by atoms with van der Waals surface area (Å²) in [5.74, 6) is 2.24. The molecule has 1 N–H and O–H groups in total. The zero-order chi connectivity index (χ0) is 8.69. The third kappa shape index (κ3) is 8.17. The van der Waals surface area contributed by atoms with Gasteiger partial charge in [0.05, 0.1) is 6.10 Å². The Hall–Kier alpha value is 0.270. The molecule has 0 saturated carbocycles. The maximum Gasteiger partial charge on any atom is 0.0639 e. The highest BCUT2D eigenvalue weighted by Gasteiger charge is 2.01. The topological polar surface area (TPSA) is 23.5 Å². The lowest BCUT2D eigenvalue weighted by Crippen LogP contribution is -2.26. The molecule has 0 spiro atoms. The molecule has 0 rings (SSSR count). The number of likely N-dealkylation sites (N-methyl/N-ethyl adjacent to an activating group) is 1. The number of aliphatic hydroxyl groups is 1. The summed E-state index contributed by atoms with van der Waals surface area (Å²) in [6, 6.07) is 0. The van der Waals surface area contributed by atoms with Crippen LogP contribution in [0.25, 0.3) is 0 Å². The molecule has 11 heavy (non-hydrogen) atoms. The van der Waals surface area contributed by atoms with Gasteiger partial charge in [0.25, 0.3) is 0 Å². The van der Waals surface area contributed by atoms with Gasteiger partial charge in [-0.15, -0.1) is 11.8 Å². The van der Waals surface area contributed by atoms with Gasteiger partial charge in [-0.05, 0) is 26.1 Å². The molecule has 68 valence electrons. The summed E-state index contributed by atoms with van der Waals surface area (Å²) in [7, 11) is 2.04. The van der Waals surface area contributed by atoms with E-state index in [2.05, 4.69) is 11.8 Å². The average Bonchev–Trinajstić information content (AvgIpc) is 1.86. The van der Waals surface area contributed by atoms with E-state index in [1.54, 1.807) is 0 Å². The molecule has 0 saturated heterocycles. The number of rotatable bonds is 6. The molecule has 0 aromatic carbocycles. The summed E-state index contributed by atoms with van der Waals surface area (Å²) >= 11 is 1.92. The second kappa shape index (κ2) is 6.95. The summed E-state index contributed by atoms with van der Waals surface area (Å²) in [6.07, 6.45) is 1.02. The first kappa shape index (κ1) is 11.3. The van der Waals surface area contributed by atoms with Crippen LogP contribution in [0.2, 0.25) is 0 Å². The first-order valence-electron chi connectivity index (χ1n) is 4.11. The molecule has 0 aliphatic carbocycles. The van der Waals surface area contributed by atoms with E-state index in [1.165, 1.54) is 12.2 Å². The van der Waals surface area contributed by atoms with Crippen molar-refractivity contribution in [1.29, 1.82) is 0 Å². The van der Waals surface area contributed by atoms with Gasteiger partial charge in [0.1, 0.15) is 0 Å². The van der Waals surface area contributed by atoms with Crippen LogP contribution in [-0.4, -0.2) is 41.3 Å². The second-order valence-corrected chi connectivity index (χ2v) is 4.00. The third-order valence-corrected chi connectivity index (χ3v) is 2.56. The minimum Gasteiger partial charge on any atom is -0.392 e. The van der Waals surface area contributed by atoms with Crippen molar-refractivity contribution in [2.45, 2.75) is 26.4 Å². The van der Waals surface area contributed by atoms with E-state index in [0.717, 1.165) is 12.4 Å². The quantitative estimate of drug-likeness (QED) is 0.490. The Balaban J connectivity index is 3.15. The van der Waals surface area contributed by atoms with Crippen molar-refractivity contribution in [2.24, 2.45) is 0 Å². The van der Waals surface area contributed by atoms with Crippen LogP contribution < -0.4 is 0 Å². The van der Waals surface area contributed by atoms with Crippen LogP contribution in [0.3, 0.4) is 0 Å². The van der Waals surface area contributed by atoms with Crippen molar-refractivity contribution in [1.82, 2.24) is 4.90 Å². The van der Waals surface area contributed by atoms with Crippen molar-refractivity contribution < 1.29 is 5.11 Å². The highest BCUT2D eigenvalue weighted by atomic mass is 32.2. The van der Waals surface area contributed by atoms with Crippen molar-refractivity contribution in [3.63, 3.8) is 0 Å². The molecule has 0 radical (unpaired) electrons. The Labute approximate surface area is 74.0 Å². The Bertz CT molecular complexity index is 88.2. The van der Waals surface area contributed by atoms with E-state index >= 15 is 0 Å². The van der Waals surface area contributed by atoms with Crippen LogP contribution in [0, 0.1) is 0 Å². The fourth-order valence-corrected chi connectivity index (χ4v) is 1.70. The monoisotopic (exact) mass is 177 g/mol. The minimum atomic E-state index is -0.206.